The van der Waals surface area contributed by atoms with Gasteiger partial charge in [0, 0.05) is 17.3 Å². The third-order valence-corrected chi connectivity index (χ3v) is 4.02. The third-order valence-electron chi connectivity index (χ3n) is 3.16. The van der Waals surface area contributed by atoms with Crippen LogP contribution in [-0.4, -0.2) is 38.1 Å². The number of H-pyrrole nitrogens is 1. The molecule has 1 aromatic carbocycles. The second-order valence-electron chi connectivity index (χ2n) is 4.63. The Bertz CT molecular complexity index is 695. The number of carboxylic acids is 2. The van der Waals surface area contributed by atoms with E-state index in [4.69, 9.17) is 5.11 Å². The fraction of sp³-hybridized carbons (Fsp3) is 0.231. The van der Waals surface area contributed by atoms with Gasteiger partial charge in [0.15, 0.2) is 11.9 Å². The zero-order chi connectivity index (χ0) is 16.3. The number of aromatic nitrogens is 1. The normalized spacial score (nSPS) is 12.9. The van der Waals surface area contributed by atoms with E-state index in [0.717, 1.165) is 10.1 Å². The maximum absolute atomic E-state index is 11.6. The SMILES string of the molecule is O=C(O)CCC(C(=O)O)N(c1cc2ccccc2[nH]1)[P+](=O)O. The van der Waals surface area contributed by atoms with Crippen LogP contribution in [0.1, 0.15) is 12.8 Å². The van der Waals surface area contributed by atoms with Crippen LogP contribution in [0.25, 0.3) is 10.9 Å². The number of para-hydroxylation sites is 1. The van der Waals surface area contributed by atoms with Crippen molar-refractivity contribution in [3.63, 3.8) is 0 Å². The first kappa shape index (κ1) is 15.9. The molecule has 2 unspecified atom stereocenters. The monoisotopic (exact) mass is 325 g/mol. The zero-order valence-corrected chi connectivity index (χ0v) is 12.2. The summed E-state index contributed by atoms with van der Waals surface area (Å²) in [6.07, 6.45) is -0.710. The van der Waals surface area contributed by atoms with E-state index in [0.29, 0.717) is 5.52 Å². The first-order valence-corrected chi connectivity index (χ1v) is 7.54. The van der Waals surface area contributed by atoms with Crippen molar-refractivity contribution in [1.29, 1.82) is 0 Å². The summed E-state index contributed by atoms with van der Waals surface area (Å²) in [5.41, 5.74) is 0.682. The molecule has 0 aliphatic rings. The summed E-state index contributed by atoms with van der Waals surface area (Å²) in [6.45, 7) is 0. The van der Waals surface area contributed by atoms with Crippen LogP contribution < -0.4 is 4.67 Å². The summed E-state index contributed by atoms with van der Waals surface area (Å²) in [6, 6.07) is 7.19. The molecule has 116 valence electrons. The average Bonchev–Trinajstić information content (AvgIpc) is 2.85. The topological polar surface area (TPSA) is 131 Å². The molecule has 4 N–H and O–H groups in total. The Morgan fingerprint density at radius 3 is 2.50 bits per heavy atom. The molecule has 0 saturated heterocycles. The van der Waals surface area contributed by atoms with E-state index >= 15 is 0 Å². The van der Waals surface area contributed by atoms with Crippen molar-refractivity contribution >= 4 is 36.8 Å². The van der Waals surface area contributed by atoms with Gasteiger partial charge in [-0.1, -0.05) is 18.2 Å². The van der Waals surface area contributed by atoms with Crippen LogP contribution in [0, 0.1) is 0 Å². The molecule has 8 nitrogen and oxygen atoms in total. The minimum absolute atomic E-state index is 0.155. The molecule has 0 amide bonds. The van der Waals surface area contributed by atoms with Crippen LogP contribution in [-0.2, 0) is 14.2 Å². The molecule has 2 atom stereocenters. The Hall–Kier alpha value is -2.44. The lowest BCUT2D eigenvalue weighted by Crippen LogP contribution is -2.37. The van der Waals surface area contributed by atoms with Gasteiger partial charge in [0.2, 0.25) is 0 Å². The summed E-state index contributed by atoms with van der Waals surface area (Å²) in [5.74, 6) is -2.38. The molecule has 0 saturated carbocycles. The number of carbonyl (C=O) groups is 2. The van der Waals surface area contributed by atoms with Crippen molar-refractivity contribution in [3.8, 4) is 0 Å². The summed E-state index contributed by atoms with van der Waals surface area (Å²) in [4.78, 5) is 34.4. The van der Waals surface area contributed by atoms with Gasteiger partial charge in [0.1, 0.15) is 0 Å². The highest BCUT2D eigenvalue weighted by Gasteiger charge is 2.40. The summed E-state index contributed by atoms with van der Waals surface area (Å²) < 4.78 is 12.4. The quantitative estimate of drug-likeness (QED) is 0.572. The predicted molar refractivity (Wildman–Crippen MR) is 78.9 cm³/mol. The van der Waals surface area contributed by atoms with Gasteiger partial charge in [-0.15, -0.1) is 9.56 Å². The van der Waals surface area contributed by atoms with E-state index in [1.807, 2.05) is 0 Å². The number of anilines is 1. The number of aromatic amines is 1. The molecule has 0 bridgehead atoms. The standard InChI is InChI=1S/C13H13N2O6P/c16-12(17)6-5-10(13(18)19)15(22(20)21)11-7-8-3-1-2-4-9(8)14-11/h1-4,7,10,14H,5-6H2,(H2-,16,17,18,19,20,21)/p+1. The van der Waals surface area contributed by atoms with Crippen LogP contribution in [0.3, 0.4) is 0 Å². The maximum atomic E-state index is 11.6. The first-order valence-electron chi connectivity index (χ1n) is 6.38. The molecule has 0 aliphatic heterocycles. The first-order chi connectivity index (χ1) is 10.4. The zero-order valence-electron chi connectivity index (χ0n) is 11.3. The molecule has 22 heavy (non-hydrogen) atoms. The fourth-order valence-electron chi connectivity index (χ4n) is 2.17. The second-order valence-corrected chi connectivity index (χ2v) is 5.56. The lowest BCUT2D eigenvalue weighted by molar-refractivity contribution is -0.139. The molecular formula is C13H14N2O6P+. The van der Waals surface area contributed by atoms with Crippen molar-refractivity contribution in [3.05, 3.63) is 30.3 Å². The van der Waals surface area contributed by atoms with E-state index in [-0.39, 0.29) is 12.2 Å². The third kappa shape index (κ3) is 3.41. The van der Waals surface area contributed by atoms with Crippen molar-refractivity contribution < 1.29 is 29.3 Å². The highest BCUT2D eigenvalue weighted by atomic mass is 31.1. The van der Waals surface area contributed by atoms with Gasteiger partial charge < -0.3 is 15.2 Å². The number of carboxylic acid groups (broad SMARTS) is 2. The summed E-state index contributed by atoms with van der Waals surface area (Å²) >= 11 is 0. The minimum atomic E-state index is -3.00. The number of hydrogen-bond donors (Lipinski definition) is 4. The van der Waals surface area contributed by atoms with Crippen LogP contribution in [0.5, 0.6) is 0 Å². The molecule has 1 aromatic heterocycles. The number of benzene rings is 1. The summed E-state index contributed by atoms with van der Waals surface area (Å²) in [5, 5.41) is 18.7. The van der Waals surface area contributed by atoms with Crippen LogP contribution in [0.2, 0.25) is 0 Å². The van der Waals surface area contributed by atoms with E-state index in [2.05, 4.69) is 4.98 Å². The molecule has 0 spiro atoms. The molecule has 2 rings (SSSR count). The molecular weight excluding hydrogens is 311 g/mol. The van der Waals surface area contributed by atoms with Crippen molar-refractivity contribution in [2.24, 2.45) is 0 Å². The Morgan fingerprint density at radius 2 is 1.95 bits per heavy atom. The maximum Gasteiger partial charge on any atom is 0.645 e. The lowest BCUT2D eigenvalue weighted by Gasteiger charge is -2.16. The lowest BCUT2D eigenvalue weighted by atomic mass is 10.1. The number of nitrogens with zero attached hydrogens (tertiary/aromatic N) is 1. The van der Waals surface area contributed by atoms with Crippen LogP contribution in [0.15, 0.2) is 30.3 Å². The molecule has 9 heteroatoms. The van der Waals surface area contributed by atoms with Gasteiger partial charge in [-0.25, -0.2) is 4.79 Å². The highest BCUT2D eigenvalue weighted by Crippen LogP contribution is 2.35. The number of hydrogen-bond acceptors (Lipinski definition) is 3. The van der Waals surface area contributed by atoms with E-state index in [1.54, 1.807) is 30.3 Å². The Balaban J connectivity index is 2.40. The van der Waals surface area contributed by atoms with Gasteiger partial charge in [0.05, 0.1) is 0 Å². The van der Waals surface area contributed by atoms with E-state index in [9.17, 15) is 24.2 Å². The van der Waals surface area contributed by atoms with Gasteiger partial charge in [0.25, 0.3) is 0 Å². The minimum Gasteiger partial charge on any atom is -0.481 e. The molecule has 0 radical (unpaired) electrons. The van der Waals surface area contributed by atoms with Crippen molar-refractivity contribution in [1.82, 2.24) is 4.98 Å². The van der Waals surface area contributed by atoms with Gasteiger partial charge in [-0.3, -0.25) is 4.79 Å². The van der Waals surface area contributed by atoms with Gasteiger partial charge in [-0.05, 0) is 23.1 Å². The average molecular weight is 325 g/mol. The number of fused-ring (bicyclic) bond motifs is 1. The number of aliphatic carboxylic acids is 2. The fourth-order valence-corrected chi connectivity index (χ4v) is 2.92. The second kappa shape index (κ2) is 6.55. The Morgan fingerprint density at radius 1 is 1.27 bits per heavy atom. The Labute approximate surface area is 125 Å². The highest BCUT2D eigenvalue weighted by molar-refractivity contribution is 7.40. The van der Waals surface area contributed by atoms with E-state index < -0.39 is 32.6 Å². The van der Waals surface area contributed by atoms with Crippen LogP contribution in [0.4, 0.5) is 5.82 Å². The molecule has 0 fully saturated rings. The van der Waals surface area contributed by atoms with Crippen molar-refractivity contribution in [2.45, 2.75) is 18.9 Å². The van der Waals surface area contributed by atoms with Crippen molar-refractivity contribution in [2.75, 3.05) is 4.67 Å². The van der Waals surface area contributed by atoms with Gasteiger partial charge in [-0.2, -0.15) is 0 Å². The largest absolute Gasteiger partial charge is 0.645 e. The predicted octanol–water partition coefficient (Wildman–Crippen LogP) is 1.94. The smallest absolute Gasteiger partial charge is 0.481 e. The number of rotatable bonds is 7. The molecule has 0 aliphatic carbocycles. The molecule has 1 heterocycles. The van der Waals surface area contributed by atoms with Crippen LogP contribution >= 0.6 is 8.18 Å². The molecule has 2 aromatic rings. The van der Waals surface area contributed by atoms with E-state index in [1.165, 1.54) is 0 Å². The van der Waals surface area contributed by atoms with Gasteiger partial charge >= 0.3 is 20.1 Å². The Kier molecular flexibility index (Phi) is 4.75. The number of nitrogens with one attached hydrogen (secondary N) is 1. The summed E-state index contributed by atoms with van der Waals surface area (Å²) in [7, 11) is -3.00.